The third-order valence-electron chi connectivity index (χ3n) is 13.1. The Labute approximate surface area is 465 Å². The number of hydrogen-bond acceptors (Lipinski definition) is 10. The van der Waals surface area contributed by atoms with Crippen LogP contribution in [0.4, 0.5) is 0 Å². The molecule has 0 saturated heterocycles. The summed E-state index contributed by atoms with van der Waals surface area (Å²) in [5, 5.41) is 9.82. The van der Waals surface area contributed by atoms with Gasteiger partial charge in [-0.05, 0) is 83.5 Å². The maximum Gasteiger partial charge on any atom is 0.472 e. The number of esters is 3. The van der Waals surface area contributed by atoms with E-state index >= 15 is 0 Å². The quantitative estimate of drug-likeness (QED) is 0.0197. The van der Waals surface area contributed by atoms with Crippen molar-refractivity contribution < 1.29 is 52.2 Å². The van der Waals surface area contributed by atoms with E-state index in [0.717, 1.165) is 89.9 Å². The minimum Gasteiger partial charge on any atom is -0.462 e. The van der Waals surface area contributed by atoms with Gasteiger partial charge in [-0.1, -0.05) is 248 Å². The van der Waals surface area contributed by atoms with Gasteiger partial charge in [-0.25, -0.2) is 4.57 Å². The van der Waals surface area contributed by atoms with E-state index in [2.05, 4.69) is 81.5 Å². The van der Waals surface area contributed by atoms with Crippen molar-refractivity contribution in [2.45, 2.75) is 290 Å². The molecule has 3 unspecified atom stereocenters. The molecule has 0 aliphatic carbocycles. The Balaban J connectivity index is 4.72. The summed E-state index contributed by atoms with van der Waals surface area (Å²) in [6, 6.07) is 0. The molecule has 0 saturated carbocycles. The molecule has 3 atom stereocenters. The minimum absolute atomic E-state index is 0.0978. The molecule has 0 aliphatic heterocycles. The van der Waals surface area contributed by atoms with E-state index in [9.17, 15) is 28.9 Å². The van der Waals surface area contributed by atoms with Crippen molar-refractivity contribution in [2.75, 3.05) is 26.4 Å². The lowest BCUT2D eigenvalue weighted by atomic mass is 10.0. The van der Waals surface area contributed by atoms with Gasteiger partial charge in [-0.15, -0.1) is 0 Å². The van der Waals surface area contributed by atoms with Crippen LogP contribution in [0.5, 0.6) is 0 Å². The second kappa shape index (κ2) is 58.1. The van der Waals surface area contributed by atoms with Crippen molar-refractivity contribution in [1.29, 1.82) is 0 Å². The zero-order valence-electron chi connectivity index (χ0n) is 48.7. The standard InChI is InChI=1S/C64H113O11P/c1-4-7-10-13-16-19-22-25-27-29-30-32-34-37-40-43-46-49-52-55-64(68)75-61(57-71-62(66)53-50-47-44-41-38-35-24-21-18-15-12-9-6-3)59-73-76(69,70)72-58-60(56-65)74-63(67)54-51-48-45-42-39-36-33-31-28-26-23-20-17-14-11-8-5-2/h8,11,17,20-21,24,26,28,33,36,42,45,60-61,65H,4-7,9-10,12-16,18-19,22-23,25,27,29-32,34-35,37-41,43-44,46-59H2,1-3H3,(H,69,70)/b11-8-,20-17-,24-21-,28-26-,36-33-,45-42-. The third kappa shape index (κ3) is 55.7. The molecule has 12 heteroatoms. The van der Waals surface area contributed by atoms with E-state index in [1.807, 2.05) is 12.2 Å². The third-order valence-corrected chi connectivity index (χ3v) is 14.1. The number of ether oxygens (including phenoxy) is 3. The first-order valence-corrected chi connectivity index (χ1v) is 32.3. The molecular formula is C64H113O11P. The molecule has 0 radical (unpaired) electrons. The molecule has 11 nitrogen and oxygen atoms in total. The van der Waals surface area contributed by atoms with Gasteiger partial charge < -0.3 is 24.2 Å². The second-order valence-corrected chi connectivity index (χ2v) is 21.9. The fourth-order valence-electron chi connectivity index (χ4n) is 8.45. The van der Waals surface area contributed by atoms with Crippen molar-refractivity contribution in [3.05, 3.63) is 72.9 Å². The molecule has 0 rings (SSSR count). The van der Waals surface area contributed by atoms with Crippen molar-refractivity contribution in [3.8, 4) is 0 Å². The molecule has 440 valence electrons. The predicted octanol–water partition coefficient (Wildman–Crippen LogP) is 18.5. The van der Waals surface area contributed by atoms with Gasteiger partial charge in [0.1, 0.15) is 12.7 Å². The van der Waals surface area contributed by atoms with E-state index in [1.165, 1.54) is 122 Å². The van der Waals surface area contributed by atoms with Crippen LogP contribution in [0.25, 0.3) is 0 Å². The van der Waals surface area contributed by atoms with Crippen LogP contribution in [-0.2, 0) is 42.2 Å². The van der Waals surface area contributed by atoms with Gasteiger partial charge in [0, 0.05) is 19.3 Å². The molecular weight excluding hydrogens is 976 g/mol. The highest BCUT2D eigenvalue weighted by atomic mass is 31.2. The van der Waals surface area contributed by atoms with E-state index in [0.29, 0.717) is 25.7 Å². The summed E-state index contributed by atoms with van der Waals surface area (Å²) < 4.78 is 39.5. The molecule has 76 heavy (non-hydrogen) atoms. The summed E-state index contributed by atoms with van der Waals surface area (Å²) in [5.74, 6) is -1.52. The lowest BCUT2D eigenvalue weighted by molar-refractivity contribution is -0.161. The van der Waals surface area contributed by atoms with Gasteiger partial charge >= 0.3 is 25.7 Å². The normalized spacial score (nSPS) is 13.8. The van der Waals surface area contributed by atoms with Gasteiger partial charge in [-0.2, -0.15) is 0 Å². The molecule has 0 amide bonds. The van der Waals surface area contributed by atoms with Crippen molar-refractivity contribution in [2.24, 2.45) is 0 Å². The van der Waals surface area contributed by atoms with Gasteiger partial charge in [0.2, 0.25) is 0 Å². The number of phosphoric acid groups is 1. The number of unbranched alkanes of at least 4 members (excludes halogenated alkanes) is 28. The summed E-state index contributed by atoms with van der Waals surface area (Å²) in [6.07, 6.45) is 65.8. The SMILES string of the molecule is CC/C=C\C/C=C\C/C=C\C/C=C\C/C=C\CCCC(=O)OC(CO)COP(=O)(O)OCC(COC(=O)CCCCCCC/C=C\CCCCCC)OC(=O)CCCCCCCCCCCCCCCCCCCCC. The summed E-state index contributed by atoms with van der Waals surface area (Å²) in [4.78, 5) is 48.6. The maximum absolute atomic E-state index is 12.9. The Kier molecular flexibility index (Phi) is 55.7. The first-order chi connectivity index (χ1) is 37.2. The summed E-state index contributed by atoms with van der Waals surface area (Å²) in [5.41, 5.74) is 0. The molecule has 0 aliphatic rings. The van der Waals surface area contributed by atoms with Crippen LogP contribution in [0.2, 0.25) is 0 Å². The molecule has 2 N–H and O–H groups in total. The number of aliphatic hydroxyl groups excluding tert-OH is 1. The van der Waals surface area contributed by atoms with Crippen LogP contribution >= 0.6 is 7.82 Å². The van der Waals surface area contributed by atoms with Crippen molar-refractivity contribution in [1.82, 2.24) is 0 Å². The molecule has 0 aromatic heterocycles. The van der Waals surface area contributed by atoms with Crippen LogP contribution in [0.15, 0.2) is 72.9 Å². The molecule has 0 aromatic carbocycles. The Hall–Kier alpha value is -3.08. The van der Waals surface area contributed by atoms with Gasteiger partial charge in [0.05, 0.1) is 19.8 Å². The average Bonchev–Trinajstić information content (AvgIpc) is 3.41. The van der Waals surface area contributed by atoms with Crippen molar-refractivity contribution >= 4 is 25.7 Å². The number of hydrogen-bond donors (Lipinski definition) is 2. The lowest BCUT2D eigenvalue weighted by Gasteiger charge is -2.21. The molecule has 0 spiro atoms. The fraction of sp³-hybridized carbons (Fsp3) is 0.766. The largest absolute Gasteiger partial charge is 0.472 e. The van der Waals surface area contributed by atoms with Crippen LogP contribution in [0.1, 0.15) is 278 Å². The van der Waals surface area contributed by atoms with Gasteiger partial charge in [0.15, 0.2) is 6.10 Å². The highest BCUT2D eigenvalue weighted by molar-refractivity contribution is 7.47. The fourth-order valence-corrected chi connectivity index (χ4v) is 9.23. The number of aliphatic hydroxyl groups is 1. The second-order valence-electron chi connectivity index (χ2n) is 20.5. The predicted molar refractivity (Wildman–Crippen MR) is 316 cm³/mol. The minimum atomic E-state index is -4.77. The monoisotopic (exact) mass is 1090 g/mol. The number of carbonyl (C=O) groups excluding carboxylic acids is 3. The van der Waals surface area contributed by atoms with E-state index < -0.39 is 57.8 Å². The number of rotatable bonds is 57. The number of phosphoric ester groups is 1. The zero-order chi connectivity index (χ0) is 55.5. The Morgan fingerprint density at radius 2 is 0.697 bits per heavy atom. The van der Waals surface area contributed by atoms with Gasteiger partial charge in [-0.3, -0.25) is 23.4 Å². The van der Waals surface area contributed by atoms with E-state index in [4.69, 9.17) is 23.3 Å². The van der Waals surface area contributed by atoms with Crippen LogP contribution in [0, 0.1) is 0 Å². The lowest BCUT2D eigenvalue weighted by Crippen LogP contribution is -2.30. The van der Waals surface area contributed by atoms with E-state index in [1.54, 1.807) is 0 Å². The van der Waals surface area contributed by atoms with Crippen molar-refractivity contribution in [3.63, 3.8) is 0 Å². The zero-order valence-corrected chi connectivity index (χ0v) is 49.6. The van der Waals surface area contributed by atoms with Crippen LogP contribution < -0.4 is 0 Å². The maximum atomic E-state index is 12.9. The summed E-state index contributed by atoms with van der Waals surface area (Å²) in [7, 11) is -4.77. The summed E-state index contributed by atoms with van der Waals surface area (Å²) in [6.45, 7) is 4.48. The topological polar surface area (TPSA) is 155 Å². The first kappa shape index (κ1) is 72.9. The molecule has 0 fully saturated rings. The molecule has 0 aromatic rings. The highest BCUT2D eigenvalue weighted by Gasteiger charge is 2.28. The van der Waals surface area contributed by atoms with Crippen LogP contribution in [0.3, 0.4) is 0 Å². The van der Waals surface area contributed by atoms with Crippen LogP contribution in [-0.4, -0.2) is 66.5 Å². The Morgan fingerprint density at radius 1 is 0.382 bits per heavy atom. The number of allylic oxidation sites excluding steroid dienone is 12. The molecule has 0 bridgehead atoms. The van der Waals surface area contributed by atoms with E-state index in [-0.39, 0.29) is 25.9 Å². The smallest absolute Gasteiger partial charge is 0.462 e. The first-order valence-electron chi connectivity index (χ1n) is 30.8. The highest BCUT2D eigenvalue weighted by Crippen LogP contribution is 2.43. The summed E-state index contributed by atoms with van der Waals surface area (Å²) >= 11 is 0. The Bertz CT molecular complexity index is 1550. The average molecular weight is 1090 g/mol. The number of carbonyl (C=O) groups is 3. The molecule has 0 heterocycles. The Morgan fingerprint density at radius 3 is 1.13 bits per heavy atom. The van der Waals surface area contributed by atoms with Gasteiger partial charge in [0.25, 0.3) is 0 Å².